The predicted molar refractivity (Wildman–Crippen MR) is 76.6 cm³/mol. The first-order valence-corrected chi connectivity index (χ1v) is 7.70. The van der Waals surface area contributed by atoms with E-state index in [4.69, 9.17) is 4.74 Å². The van der Waals surface area contributed by atoms with Gasteiger partial charge in [0.25, 0.3) is 5.91 Å². The second-order valence-corrected chi connectivity index (χ2v) is 5.56. The Hall–Kier alpha value is -0.880. The predicted octanol–water partition coefficient (Wildman–Crippen LogP) is 1.61. The Kier molecular flexibility index (Phi) is 4.62. The zero-order valence-corrected chi connectivity index (χ0v) is 13.2. The molecule has 0 aliphatic carbocycles. The van der Waals surface area contributed by atoms with Crippen molar-refractivity contribution in [2.24, 2.45) is 7.05 Å². The minimum absolute atomic E-state index is 0.0384. The second-order valence-electron chi connectivity index (χ2n) is 4.91. The number of hydrogen-bond donors (Lipinski definition) is 0. The summed E-state index contributed by atoms with van der Waals surface area (Å²) in [4.78, 5) is 14.5. The smallest absolute Gasteiger partial charge is 0.272 e. The van der Waals surface area contributed by atoms with Gasteiger partial charge >= 0.3 is 0 Å². The number of morpholine rings is 1. The molecular formula is C13H20BrN3O2. The lowest BCUT2D eigenvalue weighted by Gasteiger charge is -2.37. The van der Waals surface area contributed by atoms with Crippen molar-refractivity contribution in [3.63, 3.8) is 0 Å². The fourth-order valence-corrected chi connectivity index (χ4v) is 2.63. The SMILES string of the molecule is CCc1cc(C(=O)N2CC(CBr)OCC2C)n(C)n1. The Morgan fingerprint density at radius 3 is 2.95 bits per heavy atom. The normalized spacial score (nSPS) is 23.7. The van der Waals surface area contributed by atoms with Crippen LogP contribution in [0.4, 0.5) is 0 Å². The van der Waals surface area contributed by atoms with Crippen molar-refractivity contribution in [3.8, 4) is 0 Å². The van der Waals surface area contributed by atoms with E-state index in [2.05, 4.69) is 21.0 Å². The van der Waals surface area contributed by atoms with E-state index in [0.29, 0.717) is 18.8 Å². The Morgan fingerprint density at radius 1 is 1.63 bits per heavy atom. The maximum atomic E-state index is 12.6. The first-order valence-electron chi connectivity index (χ1n) is 6.58. The molecule has 1 aromatic heterocycles. The summed E-state index contributed by atoms with van der Waals surface area (Å²) in [6, 6.07) is 1.98. The minimum Gasteiger partial charge on any atom is -0.373 e. The number of rotatable bonds is 3. The highest BCUT2D eigenvalue weighted by Crippen LogP contribution is 2.17. The van der Waals surface area contributed by atoms with E-state index >= 15 is 0 Å². The molecule has 1 saturated heterocycles. The van der Waals surface area contributed by atoms with Gasteiger partial charge in [0.15, 0.2) is 0 Å². The highest BCUT2D eigenvalue weighted by Gasteiger charge is 2.31. The van der Waals surface area contributed by atoms with Crippen LogP contribution in [0, 0.1) is 0 Å². The lowest BCUT2D eigenvalue weighted by Crippen LogP contribution is -2.51. The quantitative estimate of drug-likeness (QED) is 0.791. The summed E-state index contributed by atoms with van der Waals surface area (Å²) < 4.78 is 7.32. The summed E-state index contributed by atoms with van der Waals surface area (Å²) in [6.07, 6.45) is 0.906. The lowest BCUT2D eigenvalue weighted by atomic mass is 10.2. The van der Waals surface area contributed by atoms with Crippen LogP contribution in [0.2, 0.25) is 0 Å². The van der Waals surface area contributed by atoms with Crippen molar-refractivity contribution in [2.75, 3.05) is 18.5 Å². The molecule has 2 unspecified atom stereocenters. The van der Waals surface area contributed by atoms with Crippen LogP contribution < -0.4 is 0 Å². The van der Waals surface area contributed by atoms with Gasteiger partial charge in [-0.2, -0.15) is 5.10 Å². The molecule has 0 radical (unpaired) electrons. The molecule has 2 heterocycles. The summed E-state index contributed by atoms with van der Waals surface area (Å²) in [5.41, 5.74) is 1.60. The van der Waals surface area contributed by atoms with Gasteiger partial charge in [0.05, 0.1) is 24.4 Å². The van der Waals surface area contributed by atoms with E-state index in [9.17, 15) is 4.79 Å². The zero-order valence-electron chi connectivity index (χ0n) is 11.6. The molecule has 1 aliphatic heterocycles. The highest BCUT2D eigenvalue weighted by molar-refractivity contribution is 9.09. The standard InChI is InChI=1S/C13H20BrN3O2/c1-4-10-5-12(16(3)15-10)13(18)17-7-11(6-14)19-8-9(17)2/h5,9,11H,4,6-8H2,1-3H3. The molecule has 0 aromatic carbocycles. The average molecular weight is 330 g/mol. The summed E-state index contributed by atoms with van der Waals surface area (Å²) in [5.74, 6) is 0.0384. The molecule has 1 amide bonds. The monoisotopic (exact) mass is 329 g/mol. The van der Waals surface area contributed by atoms with Gasteiger partial charge in [0.2, 0.25) is 0 Å². The molecule has 0 N–H and O–H groups in total. The van der Waals surface area contributed by atoms with Crippen LogP contribution in [-0.2, 0) is 18.2 Å². The topological polar surface area (TPSA) is 47.4 Å². The van der Waals surface area contributed by atoms with Gasteiger partial charge in [-0.05, 0) is 19.4 Å². The van der Waals surface area contributed by atoms with Crippen molar-refractivity contribution >= 4 is 21.8 Å². The molecule has 106 valence electrons. The molecular weight excluding hydrogens is 310 g/mol. The van der Waals surface area contributed by atoms with E-state index in [1.165, 1.54) is 0 Å². The molecule has 19 heavy (non-hydrogen) atoms. The molecule has 0 saturated carbocycles. The third-order valence-electron chi connectivity index (χ3n) is 3.45. The average Bonchev–Trinajstić information content (AvgIpc) is 2.80. The molecule has 6 heteroatoms. The first-order chi connectivity index (χ1) is 9.06. The third kappa shape index (κ3) is 3.00. The van der Waals surface area contributed by atoms with E-state index in [-0.39, 0.29) is 18.1 Å². The number of hydrogen-bond acceptors (Lipinski definition) is 3. The van der Waals surface area contributed by atoms with E-state index in [0.717, 1.165) is 17.4 Å². The van der Waals surface area contributed by atoms with Crippen molar-refractivity contribution in [1.29, 1.82) is 0 Å². The largest absolute Gasteiger partial charge is 0.373 e. The Morgan fingerprint density at radius 2 is 2.37 bits per heavy atom. The van der Waals surface area contributed by atoms with Crippen LogP contribution in [-0.4, -0.2) is 51.2 Å². The van der Waals surface area contributed by atoms with Gasteiger partial charge in [-0.15, -0.1) is 0 Å². The Bertz CT molecular complexity index is 461. The van der Waals surface area contributed by atoms with Gasteiger partial charge in [-0.3, -0.25) is 9.48 Å². The molecule has 0 bridgehead atoms. The van der Waals surface area contributed by atoms with Gasteiger partial charge in [-0.25, -0.2) is 0 Å². The van der Waals surface area contributed by atoms with E-state index in [1.807, 2.05) is 31.9 Å². The van der Waals surface area contributed by atoms with E-state index < -0.39 is 0 Å². The fourth-order valence-electron chi connectivity index (χ4n) is 2.24. The van der Waals surface area contributed by atoms with Gasteiger partial charge < -0.3 is 9.64 Å². The summed E-state index contributed by atoms with van der Waals surface area (Å²) in [7, 11) is 1.82. The molecule has 1 fully saturated rings. The Labute approximate surface area is 122 Å². The molecule has 0 spiro atoms. The summed E-state index contributed by atoms with van der Waals surface area (Å²) in [5, 5.41) is 5.08. The number of nitrogens with zero attached hydrogens (tertiary/aromatic N) is 3. The van der Waals surface area contributed by atoms with Crippen LogP contribution in [0.25, 0.3) is 0 Å². The third-order valence-corrected chi connectivity index (χ3v) is 4.17. The van der Waals surface area contributed by atoms with Crippen LogP contribution in [0.3, 0.4) is 0 Å². The second kappa shape index (κ2) is 6.05. The van der Waals surface area contributed by atoms with Crippen molar-refractivity contribution in [2.45, 2.75) is 32.4 Å². The number of alkyl halides is 1. The van der Waals surface area contributed by atoms with Gasteiger partial charge in [-0.1, -0.05) is 22.9 Å². The van der Waals surface area contributed by atoms with Crippen molar-refractivity contribution < 1.29 is 9.53 Å². The number of carbonyl (C=O) groups is 1. The van der Waals surface area contributed by atoms with Crippen molar-refractivity contribution in [3.05, 3.63) is 17.5 Å². The number of carbonyl (C=O) groups excluding carboxylic acids is 1. The summed E-state index contributed by atoms with van der Waals surface area (Å²) in [6.45, 7) is 5.26. The summed E-state index contributed by atoms with van der Waals surface area (Å²) >= 11 is 3.41. The number of aryl methyl sites for hydroxylation is 2. The van der Waals surface area contributed by atoms with Gasteiger partial charge in [0, 0.05) is 18.9 Å². The van der Waals surface area contributed by atoms with Crippen LogP contribution in [0.1, 0.15) is 30.0 Å². The lowest BCUT2D eigenvalue weighted by molar-refractivity contribution is -0.0365. The highest BCUT2D eigenvalue weighted by atomic mass is 79.9. The first kappa shape index (κ1) is 14.5. The van der Waals surface area contributed by atoms with Crippen LogP contribution >= 0.6 is 15.9 Å². The zero-order chi connectivity index (χ0) is 14.0. The molecule has 2 atom stereocenters. The molecule has 1 aliphatic rings. The van der Waals surface area contributed by atoms with Crippen molar-refractivity contribution in [1.82, 2.24) is 14.7 Å². The number of halogens is 1. The Balaban J connectivity index is 2.19. The molecule has 5 nitrogen and oxygen atoms in total. The van der Waals surface area contributed by atoms with E-state index in [1.54, 1.807) is 4.68 Å². The maximum absolute atomic E-state index is 12.6. The van der Waals surface area contributed by atoms with Gasteiger partial charge in [0.1, 0.15) is 5.69 Å². The maximum Gasteiger partial charge on any atom is 0.272 e. The molecule has 1 aromatic rings. The molecule has 2 rings (SSSR count). The number of ether oxygens (including phenoxy) is 1. The number of aromatic nitrogens is 2. The fraction of sp³-hybridized carbons (Fsp3) is 0.692. The van der Waals surface area contributed by atoms with Crippen LogP contribution in [0.15, 0.2) is 6.07 Å². The van der Waals surface area contributed by atoms with Crippen LogP contribution in [0.5, 0.6) is 0 Å². The number of amides is 1. The minimum atomic E-state index is 0.0384.